The van der Waals surface area contributed by atoms with Gasteiger partial charge in [-0.05, 0) is 51.2 Å². The Bertz CT molecular complexity index is 1250. The van der Waals surface area contributed by atoms with Gasteiger partial charge in [-0.2, -0.15) is 4.31 Å². The van der Waals surface area contributed by atoms with Crippen LogP contribution in [0.3, 0.4) is 0 Å². The van der Waals surface area contributed by atoms with Crippen LogP contribution in [0, 0.1) is 5.92 Å². The van der Waals surface area contributed by atoms with E-state index in [1.165, 1.54) is 21.7 Å². The Morgan fingerprint density at radius 1 is 1.12 bits per heavy atom. The van der Waals surface area contributed by atoms with E-state index in [2.05, 4.69) is 4.98 Å². The van der Waals surface area contributed by atoms with Gasteiger partial charge in [-0.25, -0.2) is 13.4 Å². The van der Waals surface area contributed by atoms with Crippen LogP contribution < -0.4 is 4.90 Å². The van der Waals surface area contributed by atoms with Crippen molar-refractivity contribution in [2.45, 2.75) is 17.1 Å². The molecule has 2 aromatic heterocycles. The fourth-order valence-corrected chi connectivity index (χ4v) is 8.15. The maximum atomic E-state index is 13.6. The summed E-state index contributed by atoms with van der Waals surface area (Å²) in [5.41, 5.74) is 0.692. The number of hydrogen-bond acceptors (Lipinski definition) is 7. The summed E-state index contributed by atoms with van der Waals surface area (Å²) in [4.78, 5) is 22.0. The van der Waals surface area contributed by atoms with Gasteiger partial charge < -0.3 is 4.90 Å². The highest BCUT2D eigenvalue weighted by Gasteiger charge is 2.35. The Labute approximate surface area is 211 Å². The summed E-state index contributed by atoms with van der Waals surface area (Å²) >= 11 is 14.7. The molecular formula is C21H24Cl2N4O3S3. The van der Waals surface area contributed by atoms with E-state index in [0.717, 1.165) is 16.0 Å². The topological polar surface area (TPSA) is 73.8 Å². The van der Waals surface area contributed by atoms with Gasteiger partial charge in [0.05, 0.1) is 14.1 Å². The molecule has 12 heteroatoms. The quantitative estimate of drug-likeness (QED) is 0.430. The molecule has 0 saturated carbocycles. The number of rotatable bonds is 7. The van der Waals surface area contributed by atoms with Crippen LogP contribution in [-0.4, -0.2) is 68.8 Å². The number of amides is 1. The summed E-state index contributed by atoms with van der Waals surface area (Å²) < 4.78 is 28.8. The van der Waals surface area contributed by atoms with Crippen LogP contribution in [0.2, 0.25) is 9.36 Å². The number of carbonyl (C=O) groups is 1. The zero-order valence-electron chi connectivity index (χ0n) is 18.2. The number of likely N-dealkylation sites (N-methyl/N-ethyl adjacent to an activating group) is 1. The summed E-state index contributed by atoms with van der Waals surface area (Å²) in [6.45, 7) is 1.76. The second kappa shape index (κ2) is 10.2. The van der Waals surface area contributed by atoms with Gasteiger partial charge in [0, 0.05) is 32.1 Å². The number of para-hydroxylation sites is 1. The van der Waals surface area contributed by atoms with Gasteiger partial charge in [0.2, 0.25) is 5.91 Å². The Balaban J connectivity index is 1.51. The lowest BCUT2D eigenvalue weighted by Crippen LogP contribution is -2.45. The highest BCUT2D eigenvalue weighted by atomic mass is 35.5. The van der Waals surface area contributed by atoms with Crippen LogP contribution >= 0.6 is 45.9 Å². The number of fused-ring (bicyclic) bond motifs is 1. The van der Waals surface area contributed by atoms with E-state index in [-0.39, 0.29) is 16.0 Å². The number of sulfonamides is 1. The van der Waals surface area contributed by atoms with Crippen molar-refractivity contribution in [3.63, 3.8) is 0 Å². The molecule has 1 aliphatic rings. The minimum Gasteiger partial charge on any atom is -0.308 e. The highest BCUT2D eigenvalue weighted by molar-refractivity contribution is 7.91. The molecule has 0 atom stereocenters. The molecule has 33 heavy (non-hydrogen) atoms. The summed E-state index contributed by atoms with van der Waals surface area (Å²) in [6, 6.07) is 8.71. The molecule has 3 aromatic rings. The zero-order chi connectivity index (χ0) is 23.8. The summed E-state index contributed by atoms with van der Waals surface area (Å²) in [6.07, 6.45) is 0.919. The molecule has 1 amide bonds. The normalized spacial score (nSPS) is 16.0. The standard InChI is InChI=1S/C21H24Cl2N4O3S3/c1-25(2)12-13-27(21-24-19-15(22)4-3-5-16(19)31-21)20(28)14-8-10-26(11-9-14)33(29,30)18-7-6-17(23)32-18/h3-7,14H,8-13H2,1-2H3. The molecule has 1 saturated heterocycles. The lowest BCUT2D eigenvalue weighted by Gasteiger charge is -2.33. The zero-order valence-corrected chi connectivity index (χ0v) is 22.2. The summed E-state index contributed by atoms with van der Waals surface area (Å²) in [5, 5.41) is 1.18. The van der Waals surface area contributed by atoms with E-state index >= 15 is 0 Å². The predicted octanol–water partition coefficient (Wildman–Crippen LogP) is 4.66. The van der Waals surface area contributed by atoms with Crippen molar-refractivity contribution in [3.8, 4) is 0 Å². The van der Waals surface area contributed by atoms with E-state index in [9.17, 15) is 13.2 Å². The van der Waals surface area contributed by atoms with Crippen LogP contribution in [0.4, 0.5) is 5.13 Å². The van der Waals surface area contributed by atoms with Crippen LogP contribution in [0.15, 0.2) is 34.5 Å². The molecule has 1 fully saturated rings. The van der Waals surface area contributed by atoms with E-state index in [1.807, 2.05) is 31.1 Å². The van der Waals surface area contributed by atoms with Crippen molar-refractivity contribution >= 4 is 77.2 Å². The number of benzene rings is 1. The average Bonchev–Trinajstić information content (AvgIpc) is 3.41. The number of hydrogen-bond donors (Lipinski definition) is 0. The van der Waals surface area contributed by atoms with Crippen molar-refractivity contribution in [3.05, 3.63) is 39.7 Å². The van der Waals surface area contributed by atoms with Crippen molar-refractivity contribution in [2.75, 3.05) is 45.2 Å². The maximum Gasteiger partial charge on any atom is 0.252 e. The van der Waals surface area contributed by atoms with Gasteiger partial charge in [0.25, 0.3) is 10.0 Å². The monoisotopic (exact) mass is 546 g/mol. The molecule has 178 valence electrons. The Morgan fingerprint density at radius 2 is 1.85 bits per heavy atom. The largest absolute Gasteiger partial charge is 0.308 e. The van der Waals surface area contributed by atoms with Gasteiger partial charge >= 0.3 is 0 Å². The van der Waals surface area contributed by atoms with E-state index in [1.54, 1.807) is 17.0 Å². The minimum absolute atomic E-state index is 0.0248. The fraction of sp³-hybridized carbons (Fsp3) is 0.429. The third kappa shape index (κ3) is 5.37. The molecule has 0 spiro atoms. The van der Waals surface area contributed by atoms with Gasteiger partial charge in [-0.3, -0.25) is 9.69 Å². The first-order valence-corrected chi connectivity index (χ1v) is 14.3. The van der Waals surface area contributed by atoms with Crippen molar-refractivity contribution < 1.29 is 13.2 Å². The van der Waals surface area contributed by atoms with Crippen LogP contribution in [0.5, 0.6) is 0 Å². The van der Waals surface area contributed by atoms with Gasteiger partial charge in [0.1, 0.15) is 9.73 Å². The highest BCUT2D eigenvalue weighted by Crippen LogP contribution is 2.35. The van der Waals surface area contributed by atoms with Crippen molar-refractivity contribution in [1.29, 1.82) is 0 Å². The Morgan fingerprint density at radius 3 is 2.45 bits per heavy atom. The maximum absolute atomic E-state index is 13.6. The lowest BCUT2D eigenvalue weighted by molar-refractivity contribution is -0.123. The SMILES string of the molecule is CN(C)CCN(C(=O)C1CCN(S(=O)(=O)c2ccc(Cl)s2)CC1)c1nc2c(Cl)cccc2s1. The molecule has 0 N–H and O–H groups in total. The first-order chi connectivity index (χ1) is 15.7. The van der Waals surface area contributed by atoms with E-state index < -0.39 is 10.0 Å². The minimum atomic E-state index is -3.60. The number of piperidine rings is 1. The number of halogens is 2. The number of aromatic nitrogens is 1. The van der Waals surface area contributed by atoms with Crippen LogP contribution in [0.1, 0.15) is 12.8 Å². The number of anilines is 1. The molecule has 7 nitrogen and oxygen atoms in total. The molecule has 0 unspecified atom stereocenters. The molecule has 0 bridgehead atoms. The fourth-order valence-electron chi connectivity index (χ4n) is 3.75. The predicted molar refractivity (Wildman–Crippen MR) is 136 cm³/mol. The van der Waals surface area contributed by atoms with Crippen LogP contribution in [0.25, 0.3) is 10.2 Å². The third-order valence-electron chi connectivity index (χ3n) is 5.57. The molecule has 3 heterocycles. The molecule has 4 rings (SSSR count). The Hall–Kier alpha value is -1.27. The van der Waals surface area contributed by atoms with Crippen LogP contribution in [-0.2, 0) is 14.8 Å². The molecule has 0 radical (unpaired) electrons. The van der Waals surface area contributed by atoms with E-state index in [0.29, 0.717) is 59.0 Å². The average molecular weight is 548 g/mol. The van der Waals surface area contributed by atoms with Gasteiger partial charge in [-0.1, -0.05) is 40.6 Å². The van der Waals surface area contributed by atoms with Crippen molar-refractivity contribution in [1.82, 2.24) is 14.2 Å². The van der Waals surface area contributed by atoms with Crippen molar-refractivity contribution in [2.24, 2.45) is 5.92 Å². The summed E-state index contributed by atoms with van der Waals surface area (Å²) in [5.74, 6) is -0.295. The first kappa shape index (κ1) is 24.8. The first-order valence-electron chi connectivity index (χ1n) is 10.4. The smallest absolute Gasteiger partial charge is 0.252 e. The number of thiazole rings is 1. The van der Waals surface area contributed by atoms with Gasteiger partial charge in [-0.15, -0.1) is 11.3 Å². The lowest BCUT2D eigenvalue weighted by atomic mass is 9.96. The second-order valence-corrected chi connectivity index (χ2v) is 13.4. The van der Waals surface area contributed by atoms with E-state index in [4.69, 9.17) is 23.2 Å². The number of thiophene rings is 1. The number of carbonyl (C=O) groups excluding carboxylic acids is 1. The number of nitrogens with zero attached hydrogens (tertiary/aromatic N) is 4. The van der Waals surface area contributed by atoms with Gasteiger partial charge in [0.15, 0.2) is 5.13 Å². The Kier molecular flexibility index (Phi) is 7.64. The molecular weight excluding hydrogens is 523 g/mol. The molecule has 1 aliphatic heterocycles. The second-order valence-electron chi connectivity index (χ2n) is 8.11. The summed E-state index contributed by atoms with van der Waals surface area (Å²) in [7, 11) is 0.317. The third-order valence-corrected chi connectivity index (χ3v) is 10.5. The molecule has 1 aromatic carbocycles. The molecule has 0 aliphatic carbocycles.